The van der Waals surface area contributed by atoms with E-state index in [0.29, 0.717) is 25.7 Å². The van der Waals surface area contributed by atoms with Crippen molar-refractivity contribution in [2.24, 2.45) is 4.99 Å². The molecule has 3 heterocycles. The van der Waals surface area contributed by atoms with E-state index in [1.807, 2.05) is 36.9 Å². The van der Waals surface area contributed by atoms with Crippen LogP contribution in [-0.2, 0) is 17.8 Å². The quantitative estimate of drug-likeness (QED) is 0.253. The molecular weight excluding hydrogens is 543 g/mol. The van der Waals surface area contributed by atoms with Gasteiger partial charge in [0.1, 0.15) is 11.9 Å². The summed E-state index contributed by atoms with van der Waals surface area (Å²) in [6.45, 7) is 8.71. The fourth-order valence-corrected chi connectivity index (χ4v) is 3.80. The first-order chi connectivity index (χ1) is 16.0. The summed E-state index contributed by atoms with van der Waals surface area (Å²) in [5, 5.41) is 11.2. The molecule has 1 aliphatic heterocycles. The molecule has 2 aromatic heterocycles. The van der Waals surface area contributed by atoms with Crippen molar-refractivity contribution in [3.8, 4) is 11.6 Å². The number of aryl methyl sites for hydroxylation is 3. The maximum absolute atomic E-state index is 6.20. The molecule has 1 fully saturated rings. The van der Waals surface area contributed by atoms with E-state index < -0.39 is 0 Å². The first-order valence-electron chi connectivity index (χ1n) is 11.3. The fourth-order valence-electron chi connectivity index (χ4n) is 3.80. The van der Waals surface area contributed by atoms with E-state index in [1.165, 1.54) is 5.56 Å². The van der Waals surface area contributed by atoms with E-state index in [2.05, 4.69) is 56.9 Å². The number of aromatic nitrogens is 3. The van der Waals surface area contributed by atoms with Gasteiger partial charge in [-0.25, -0.2) is 9.67 Å². The van der Waals surface area contributed by atoms with Crippen molar-refractivity contribution in [1.29, 1.82) is 0 Å². The molecule has 0 saturated carbocycles. The lowest BCUT2D eigenvalue weighted by Crippen LogP contribution is -2.36. The molecule has 1 aliphatic rings. The van der Waals surface area contributed by atoms with Gasteiger partial charge in [0.15, 0.2) is 11.8 Å². The maximum atomic E-state index is 6.20. The van der Waals surface area contributed by atoms with Gasteiger partial charge >= 0.3 is 0 Å². The molecule has 8 nitrogen and oxygen atoms in total. The second kappa shape index (κ2) is 12.2. The third-order valence-electron chi connectivity index (χ3n) is 5.57. The van der Waals surface area contributed by atoms with Crippen LogP contribution in [0.3, 0.4) is 0 Å². The molecule has 3 aromatic rings. The normalized spacial score (nSPS) is 15.6. The molecule has 4 rings (SSSR count). The van der Waals surface area contributed by atoms with Crippen LogP contribution in [-0.4, -0.2) is 47.1 Å². The number of ether oxygens (including phenoxy) is 2. The van der Waals surface area contributed by atoms with Gasteiger partial charge in [0, 0.05) is 44.0 Å². The molecule has 1 saturated heterocycles. The van der Waals surface area contributed by atoms with Crippen LogP contribution in [0, 0.1) is 20.8 Å². The lowest BCUT2D eigenvalue weighted by Gasteiger charge is -2.18. The first kappa shape index (κ1) is 26.0. The molecule has 182 valence electrons. The van der Waals surface area contributed by atoms with E-state index in [9.17, 15) is 0 Å². The van der Waals surface area contributed by atoms with Gasteiger partial charge in [0.25, 0.3) is 0 Å². The van der Waals surface area contributed by atoms with Gasteiger partial charge in [0.2, 0.25) is 0 Å². The van der Waals surface area contributed by atoms with Crippen LogP contribution in [0.15, 0.2) is 47.6 Å². The molecule has 1 atom stereocenters. The number of rotatable bonds is 7. The Balaban J connectivity index is 0.00000324. The lowest BCUT2D eigenvalue weighted by atomic mass is 10.1. The minimum absolute atomic E-state index is 0. The number of guanidine groups is 1. The molecule has 0 radical (unpaired) electrons. The van der Waals surface area contributed by atoms with Gasteiger partial charge in [-0.05, 0) is 50.1 Å². The number of pyridine rings is 1. The highest BCUT2D eigenvalue weighted by molar-refractivity contribution is 14.0. The van der Waals surface area contributed by atoms with Crippen LogP contribution in [0.25, 0.3) is 5.82 Å². The highest BCUT2D eigenvalue weighted by Crippen LogP contribution is 2.23. The highest BCUT2D eigenvalue weighted by Gasteiger charge is 2.18. The van der Waals surface area contributed by atoms with Crippen LogP contribution in [0.1, 0.15) is 34.5 Å². The average molecular weight is 576 g/mol. The van der Waals surface area contributed by atoms with Crippen LogP contribution in [0.5, 0.6) is 5.75 Å². The number of halogens is 1. The SMILES string of the molecule is CN=C(NCc1ccc(-n2nc(C)cc2C)nc1)NCc1ccc(C)cc1OC1CCOC1.I. The predicted molar refractivity (Wildman–Crippen MR) is 144 cm³/mol. The van der Waals surface area contributed by atoms with Crippen LogP contribution in [0.2, 0.25) is 0 Å². The van der Waals surface area contributed by atoms with E-state index in [1.54, 1.807) is 7.05 Å². The van der Waals surface area contributed by atoms with E-state index in [-0.39, 0.29) is 30.1 Å². The third-order valence-corrected chi connectivity index (χ3v) is 5.57. The third kappa shape index (κ3) is 6.69. The molecule has 34 heavy (non-hydrogen) atoms. The Bertz CT molecular complexity index is 1110. The Morgan fingerprint density at radius 3 is 2.62 bits per heavy atom. The van der Waals surface area contributed by atoms with Crippen LogP contribution >= 0.6 is 24.0 Å². The van der Waals surface area contributed by atoms with Gasteiger partial charge < -0.3 is 20.1 Å². The van der Waals surface area contributed by atoms with Gasteiger partial charge in [-0.3, -0.25) is 4.99 Å². The fraction of sp³-hybridized carbons (Fsp3) is 0.400. The van der Waals surface area contributed by atoms with E-state index >= 15 is 0 Å². The summed E-state index contributed by atoms with van der Waals surface area (Å²) in [6.07, 6.45) is 2.91. The summed E-state index contributed by atoms with van der Waals surface area (Å²) in [6, 6.07) is 12.4. The summed E-state index contributed by atoms with van der Waals surface area (Å²) in [4.78, 5) is 8.91. The van der Waals surface area contributed by atoms with Crippen molar-refractivity contribution < 1.29 is 9.47 Å². The average Bonchev–Trinajstić information content (AvgIpc) is 3.44. The van der Waals surface area contributed by atoms with E-state index in [0.717, 1.165) is 47.1 Å². The molecule has 0 bridgehead atoms. The molecular formula is C25H33IN6O2. The minimum atomic E-state index is 0. The number of nitrogens with zero attached hydrogens (tertiary/aromatic N) is 4. The lowest BCUT2D eigenvalue weighted by molar-refractivity contribution is 0.140. The highest BCUT2D eigenvalue weighted by atomic mass is 127. The first-order valence-corrected chi connectivity index (χ1v) is 11.3. The smallest absolute Gasteiger partial charge is 0.191 e. The topological polar surface area (TPSA) is 85.6 Å². The molecule has 0 amide bonds. The molecule has 0 spiro atoms. The van der Waals surface area contributed by atoms with Gasteiger partial charge in [-0.2, -0.15) is 5.10 Å². The Hall–Kier alpha value is -2.66. The molecule has 9 heteroatoms. The number of nitrogens with one attached hydrogen (secondary N) is 2. The van der Waals surface area contributed by atoms with Crippen molar-refractivity contribution in [2.75, 3.05) is 20.3 Å². The minimum Gasteiger partial charge on any atom is -0.488 e. The van der Waals surface area contributed by atoms with E-state index in [4.69, 9.17) is 9.47 Å². The van der Waals surface area contributed by atoms with Crippen LogP contribution in [0.4, 0.5) is 0 Å². The number of hydrogen-bond acceptors (Lipinski definition) is 5. The zero-order valence-electron chi connectivity index (χ0n) is 20.2. The summed E-state index contributed by atoms with van der Waals surface area (Å²) >= 11 is 0. The second-order valence-corrected chi connectivity index (χ2v) is 8.36. The van der Waals surface area contributed by atoms with Crippen molar-refractivity contribution in [3.05, 3.63) is 70.7 Å². The zero-order valence-corrected chi connectivity index (χ0v) is 22.5. The molecule has 2 N–H and O–H groups in total. The van der Waals surface area contributed by atoms with Gasteiger partial charge in [-0.15, -0.1) is 24.0 Å². The molecule has 0 aliphatic carbocycles. The van der Waals surface area contributed by atoms with Gasteiger partial charge in [0.05, 0.1) is 18.9 Å². The standard InChI is InChI=1S/C25H32N6O2.HI/c1-17-5-7-21(23(11-17)33-22-9-10-32-16-22)15-29-25(26-4)28-14-20-6-8-24(27-13-20)31-19(3)12-18(2)30-31;/h5-8,11-13,22H,9-10,14-16H2,1-4H3,(H2,26,28,29);1H. The number of hydrogen-bond donors (Lipinski definition) is 2. The second-order valence-electron chi connectivity index (χ2n) is 8.36. The summed E-state index contributed by atoms with van der Waals surface area (Å²) in [5.41, 5.74) is 5.37. The summed E-state index contributed by atoms with van der Waals surface area (Å²) in [7, 11) is 1.77. The Kier molecular flexibility index (Phi) is 9.28. The summed E-state index contributed by atoms with van der Waals surface area (Å²) in [5.74, 6) is 2.43. The largest absolute Gasteiger partial charge is 0.488 e. The van der Waals surface area contributed by atoms with Crippen LogP contribution < -0.4 is 15.4 Å². The Morgan fingerprint density at radius 2 is 1.97 bits per heavy atom. The zero-order chi connectivity index (χ0) is 23.2. The maximum Gasteiger partial charge on any atom is 0.191 e. The van der Waals surface area contributed by atoms with Crippen molar-refractivity contribution >= 4 is 29.9 Å². The van der Waals surface area contributed by atoms with Crippen molar-refractivity contribution in [3.63, 3.8) is 0 Å². The van der Waals surface area contributed by atoms with Crippen molar-refractivity contribution in [1.82, 2.24) is 25.4 Å². The number of benzene rings is 1. The number of aliphatic imine (C=N–C) groups is 1. The predicted octanol–water partition coefficient (Wildman–Crippen LogP) is 3.84. The Labute approximate surface area is 218 Å². The van der Waals surface area contributed by atoms with Gasteiger partial charge in [-0.1, -0.05) is 18.2 Å². The molecule has 1 unspecified atom stereocenters. The molecule has 1 aromatic carbocycles. The Morgan fingerprint density at radius 1 is 1.15 bits per heavy atom. The monoisotopic (exact) mass is 576 g/mol. The van der Waals surface area contributed by atoms with Crippen molar-refractivity contribution in [2.45, 2.75) is 46.4 Å². The summed E-state index contributed by atoms with van der Waals surface area (Å²) < 4.78 is 13.5.